The van der Waals surface area contributed by atoms with E-state index in [1.807, 2.05) is 0 Å². The normalized spacial score (nSPS) is 11.6. The molecule has 3 aromatic rings. The molecule has 1 N–H and O–H groups in total. The van der Waals surface area contributed by atoms with Crippen molar-refractivity contribution in [3.05, 3.63) is 53.4 Å². The van der Waals surface area contributed by atoms with Crippen LogP contribution in [0, 0.1) is 0 Å². The molecule has 9 heteroatoms. The Morgan fingerprint density at radius 1 is 1.12 bits per heavy atom. The molecule has 25 heavy (non-hydrogen) atoms. The van der Waals surface area contributed by atoms with E-state index in [0.29, 0.717) is 17.1 Å². The molecular weight excluding hydrogens is 355 g/mol. The largest absolute Gasteiger partial charge is 0.435 e. The maximum Gasteiger partial charge on any atom is 0.435 e. The number of hydrogen-bond donors (Lipinski definition) is 1. The molecule has 0 unspecified atom stereocenters. The molecule has 0 spiro atoms. The molecule has 0 atom stereocenters. The summed E-state index contributed by atoms with van der Waals surface area (Å²) in [6.07, 6.45) is -1.76. The molecule has 5 nitrogen and oxygen atoms in total. The predicted molar refractivity (Wildman–Crippen MR) is 88.8 cm³/mol. The first-order chi connectivity index (χ1) is 11.9. The van der Waals surface area contributed by atoms with Gasteiger partial charge in [-0.25, -0.2) is 9.97 Å². The summed E-state index contributed by atoms with van der Waals surface area (Å²) < 4.78 is 41.8. The van der Waals surface area contributed by atoms with Crippen LogP contribution in [0.3, 0.4) is 0 Å². The zero-order chi connectivity index (χ0) is 18.0. The summed E-state index contributed by atoms with van der Waals surface area (Å²) in [6, 6.07) is 7.67. The van der Waals surface area contributed by atoms with Crippen LogP contribution in [-0.2, 0) is 6.18 Å². The molecule has 2 aromatic heterocycles. The Bertz CT molecular complexity index is 860. The molecule has 0 aliphatic carbocycles. The number of benzene rings is 1. The van der Waals surface area contributed by atoms with E-state index in [0.717, 1.165) is 4.68 Å². The molecule has 130 valence electrons. The molecule has 0 radical (unpaired) electrons. The summed E-state index contributed by atoms with van der Waals surface area (Å²) in [7, 11) is 0. The Labute approximate surface area is 146 Å². The monoisotopic (exact) mass is 367 g/mol. The zero-order valence-corrected chi connectivity index (χ0v) is 13.8. The number of alkyl halides is 3. The summed E-state index contributed by atoms with van der Waals surface area (Å²) in [6.45, 7) is 2.18. The number of rotatable bonds is 4. The Morgan fingerprint density at radius 3 is 2.32 bits per heavy atom. The number of hydrogen-bond acceptors (Lipinski definition) is 4. The van der Waals surface area contributed by atoms with Crippen LogP contribution < -0.4 is 5.32 Å². The molecule has 0 amide bonds. The quantitative estimate of drug-likeness (QED) is 0.741. The molecule has 0 saturated carbocycles. The molecule has 0 saturated heterocycles. The van der Waals surface area contributed by atoms with Crippen molar-refractivity contribution >= 4 is 17.4 Å². The highest BCUT2D eigenvalue weighted by Gasteiger charge is 2.40. The molecule has 1 aromatic carbocycles. The summed E-state index contributed by atoms with van der Waals surface area (Å²) in [5.41, 5.74) is -0.744. The standard InChI is InChI=1S/C16H13ClF3N5/c1-2-21-14-12(10-4-6-11(17)7-5-10)13(16(18,19)20)24-25(14)15-22-8-3-9-23-15/h3-9,21H,2H2,1H3. The average Bonchev–Trinajstić information content (AvgIpc) is 2.96. The van der Waals surface area contributed by atoms with E-state index in [-0.39, 0.29) is 17.3 Å². The minimum Gasteiger partial charge on any atom is -0.370 e. The summed E-state index contributed by atoms with van der Waals surface area (Å²) in [5.74, 6) is 0.215. The van der Waals surface area contributed by atoms with Crippen LogP contribution in [0.2, 0.25) is 5.02 Å². The number of aromatic nitrogens is 4. The van der Waals surface area contributed by atoms with Crippen LogP contribution in [-0.4, -0.2) is 26.3 Å². The van der Waals surface area contributed by atoms with E-state index >= 15 is 0 Å². The smallest absolute Gasteiger partial charge is 0.370 e. The fourth-order valence-electron chi connectivity index (χ4n) is 2.38. The van der Waals surface area contributed by atoms with Crippen molar-refractivity contribution < 1.29 is 13.2 Å². The van der Waals surface area contributed by atoms with Crippen molar-refractivity contribution in [3.8, 4) is 17.1 Å². The highest BCUT2D eigenvalue weighted by atomic mass is 35.5. The molecule has 0 bridgehead atoms. The second kappa shape index (κ2) is 6.72. The van der Waals surface area contributed by atoms with Crippen LogP contribution in [0.25, 0.3) is 17.1 Å². The molecule has 0 aliphatic heterocycles. The lowest BCUT2D eigenvalue weighted by molar-refractivity contribution is -0.140. The van der Waals surface area contributed by atoms with E-state index in [9.17, 15) is 13.2 Å². The van der Waals surface area contributed by atoms with Gasteiger partial charge < -0.3 is 5.32 Å². The minimum atomic E-state index is -4.64. The summed E-state index contributed by atoms with van der Waals surface area (Å²) in [5, 5.41) is 7.11. The Kier molecular flexibility index (Phi) is 4.63. The first kappa shape index (κ1) is 17.2. The van der Waals surface area contributed by atoms with Gasteiger partial charge in [0.25, 0.3) is 5.95 Å². The van der Waals surface area contributed by atoms with Crippen molar-refractivity contribution in [3.63, 3.8) is 0 Å². The van der Waals surface area contributed by atoms with Crippen molar-refractivity contribution in [2.24, 2.45) is 0 Å². The average molecular weight is 368 g/mol. The SMILES string of the molecule is CCNc1c(-c2ccc(Cl)cc2)c(C(F)(F)F)nn1-c1ncccn1. The topological polar surface area (TPSA) is 55.6 Å². The third kappa shape index (κ3) is 3.43. The molecule has 3 rings (SSSR count). The van der Waals surface area contributed by atoms with Crippen molar-refractivity contribution in [1.29, 1.82) is 0 Å². The fourth-order valence-corrected chi connectivity index (χ4v) is 2.51. The van der Waals surface area contributed by atoms with Gasteiger partial charge in [0.2, 0.25) is 0 Å². The number of halogens is 4. The molecule has 2 heterocycles. The van der Waals surface area contributed by atoms with Gasteiger partial charge in [0, 0.05) is 24.0 Å². The predicted octanol–water partition coefficient (Wildman–Crippen LogP) is 4.43. The lowest BCUT2D eigenvalue weighted by atomic mass is 10.0. The Morgan fingerprint density at radius 2 is 1.76 bits per heavy atom. The van der Waals surface area contributed by atoms with Gasteiger partial charge in [0.1, 0.15) is 5.82 Å². The molecule has 0 fully saturated rings. The van der Waals surface area contributed by atoms with E-state index in [1.165, 1.54) is 36.7 Å². The first-order valence-corrected chi connectivity index (χ1v) is 7.77. The first-order valence-electron chi connectivity index (χ1n) is 7.39. The zero-order valence-electron chi connectivity index (χ0n) is 13.0. The lowest BCUT2D eigenvalue weighted by Gasteiger charge is -2.10. The van der Waals surface area contributed by atoms with Crippen LogP contribution in [0.1, 0.15) is 12.6 Å². The number of nitrogens with one attached hydrogen (secondary N) is 1. The van der Waals surface area contributed by atoms with Gasteiger partial charge in [-0.05, 0) is 30.7 Å². The van der Waals surface area contributed by atoms with E-state index in [2.05, 4.69) is 20.4 Å². The van der Waals surface area contributed by atoms with Gasteiger partial charge in [-0.3, -0.25) is 0 Å². The van der Waals surface area contributed by atoms with Gasteiger partial charge in [-0.2, -0.15) is 23.0 Å². The molecular formula is C16H13ClF3N5. The maximum absolute atomic E-state index is 13.6. The van der Waals surface area contributed by atoms with Gasteiger partial charge in [0.15, 0.2) is 5.69 Å². The van der Waals surface area contributed by atoms with Crippen LogP contribution in [0.15, 0.2) is 42.7 Å². The highest BCUT2D eigenvalue weighted by Crippen LogP contribution is 2.41. The Balaban J connectivity index is 2.30. The Hall–Kier alpha value is -2.61. The third-order valence-corrected chi connectivity index (χ3v) is 3.62. The number of nitrogens with zero attached hydrogens (tertiary/aromatic N) is 4. The third-order valence-electron chi connectivity index (χ3n) is 3.37. The van der Waals surface area contributed by atoms with Crippen molar-refractivity contribution in [1.82, 2.24) is 19.7 Å². The van der Waals surface area contributed by atoms with E-state index in [4.69, 9.17) is 11.6 Å². The van der Waals surface area contributed by atoms with Crippen molar-refractivity contribution in [2.75, 3.05) is 11.9 Å². The van der Waals surface area contributed by atoms with Crippen LogP contribution in [0.4, 0.5) is 19.0 Å². The second-order valence-corrected chi connectivity index (χ2v) is 5.50. The fraction of sp³-hybridized carbons (Fsp3) is 0.188. The van der Waals surface area contributed by atoms with E-state index < -0.39 is 11.9 Å². The van der Waals surface area contributed by atoms with E-state index in [1.54, 1.807) is 13.0 Å². The van der Waals surface area contributed by atoms with Crippen LogP contribution in [0.5, 0.6) is 0 Å². The summed E-state index contributed by atoms with van der Waals surface area (Å²) in [4.78, 5) is 7.99. The van der Waals surface area contributed by atoms with Gasteiger partial charge in [-0.15, -0.1) is 0 Å². The van der Waals surface area contributed by atoms with Gasteiger partial charge >= 0.3 is 6.18 Å². The second-order valence-electron chi connectivity index (χ2n) is 5.07. The molecule has 0 aliphatic rings. The highest BCUT2D eigenvalue weighted by molar-refractivity contribution is 6.30. The van der Waals surface area contributed by atoms with Gasteiger partial charge in [-0.1, -0.05) is 23.7 Å². The van der Waals surface area contributed by atoms with Crippen molar-refractivity contribution in [2.45, 2.75) is 13.1 Å². The van der Waals surface area contributed by atoms with Gasteiger partial charge in [0.05, 0.1) is 5.56 Å². The number of anilines is 1. The maximum atomic E-state index is 13.6. The lowest BCUT2D eigenvalue weighted by Crippen LogP contribution is -2.10. The summed E-state index contributed by atoms with van der Waals surface area (Å²) >= 11 is 5.85. The minimum absolute atomic E-state index is 0.0455. The van der Waals surface area contributed by atoms with Crippen LogP contribution >= 0.6 is 11.6 Å².